The summed E-state index contributed by atoms with van der Waals surface area (Å²) in [6.45, 7) is 4.79. The van der Waals surface area contributed by atoms with Gasteiger partial charge in [-0.1, -0.05) is 31.5 Å². The number of rotatable bonds is 5. The molecule has 0 aliphatic heterocycles. The van der Waals surface area contributed by atoms with E-state index in [9.17, 15) is 4.79 Å². The van der Waals surface area contributed by atoms with Gasteiger partial charge in [0.1, 0.15) is 10.9 Å². The van der Waals surface area contributed by atoms with E-state index < -0.39 is 0 Å². The Morgan fingerprint density at radius 1 is 1.33 bits per heavy atom. The Morgan fingerprint density at radius 3 is 2.86 bits per heavy atom. The summed E-state index contributed by atoms with van der Waals surface area (Å²) in [7, 11) is 0. The maximum absolute atomic E-state index is 12.1. The molecule has 2 aromatic rings. The highest BCUT2D eigenvalue weighted by Gasteiger charge is 2.11. The minimum atomic E-state index is -0.297. The largest absolute Gasteiger partial charge is 0.493 e. The molecule has 0 spiro atoms. The van der Waals surface area contributed by atoms with Crippen molar-refractivity contribution >= 4 is 23.2 Å². The van der Waals surface area contributed by atoms with Crippen LogP contribution in [-0.2, 0) is 0 Å². The van der Waals surface area contributed by atoms with Crippen LogP contribution >= 0.6 is 11.6 Å². The fraction of sp³-hybridized carbons (Fsp3) is 0.250. The number of hydrogen-bond acceptors (Lipinski definition) is 3. The number of nitrogens with zero attached hydrogens (tertiary/aromatic N) is 1. The highest BCUT2D eigenvalue weighted by atomic mass is 35.5. The summed E-state index contributed by atoms with van der Waals surface area (Å²) in [5.74, 6) is 0.866. The molecule has 0 saturated carbocycles. The monoisotopic (exact) mass is 304 g/mol. The Bertz CT molecular complexity index is 629. The highest BCUT2D eigenvalue weighted by Crippen LogP contribution is 2.20. The molecule has 110 valence electrons. The third kappa shape index (κ3) is 4.46. The van der Waals surface area contributed by atoms with Gasteiger partial charge in [-0.25, -0.2) is 4.98 Å². The van der Waals surface area contributed by atoms with Crippen LogP contribution in [0.3, 0.4) is 0 Å². The third-order valence-corrected chi connectivity index (χ3v) is 2.98. The SMILES string of the molecule is CC(C)COc1cccc(NC(=O)c2cccnc2Cl)c1. The molecule has 0 bridgehead atoms. The number of anilines is 1. The number of carbonyl (C=O) groups excluding carboxylic acids is 1. The molecule has 0 aliphatic rings. The fourth-order valence-corrected chi connectivity index (χ4v) is 1.89. The zero-order valence-corrected chi connectivity index (χ0v) is 12.7. The molecule has 4 nitrogen and oxygen atoms in total. The van der Waals surface area contributed by atoms with Crippen molar-refractivity contribution in [2.75, 3.05) is 11.9 Å². The van der Waals surface area contributed by atoms with Crippen LogP contribution in [-0.4, -0.2) is 17.5 Å². The zero-order valence-electron chi connectivity index (χ0n) is 12.0. The number of amides is 1. The van der Waals surface area contributed by atoms with Crippen molar-refractivity contribution < 1.29 is 9.53 Å². The van der Waals surface area contributed by atoms with Crippen LogP contribution in [0.1, 0.15) is 24.2 Å². The van der Waals surface area contributed by atoms with Crippen LogP contribution in [0.15, 0.2) is 42.6 Å². The number of carbonyl (C=O) groups is 1. The van der Waals surface area contributed by atoms with Crippen LogP contribution < -0.4 is 10.1 Å². The number of ether oxygens (including phenoxy) is 1. The number of pyridine rings is 1. The molecule has 0 aliphatic carbocycles. The summed E-state index contributed by atoms with van der Waals surface area (Å²) in [6.07, 6.45) is 1.54. The van der Waals surface area contributed by atoms with Gasteiger partial charge >= 0.3 is 0 Å². The van der Waals surface area contributed by atoms with Gasteiger partial charge in [-0.2, -0.15) is 0 Å². The van der Waals surface area contributed by atoms with Crippen molar-refractivity contribution in [1.82, 2.24) is 4.98 Å². The Morgan fingerprint density at radius 2 is 2.14 bits per heavy atom. The van der Waals surface area contributed by atoms with E-state index >= 15 is 0 Å². The van der Waals surface area contributed by atoms with Crippen molar-refractivity contribution in [2.45, 2.75) is 13.8 Å². The average Bonchev–Trinajstić information content (AvgIpc) is 2.46. The minimum Gasteiger partial charge on any atom is -0.493 e. The molecule has 1 aromatic heterocycles. The van der Waals surface area contributed by atoms with Crippen molar-refractivity contribution in [3.8, 4) is 5.75 Å². The predicted octanol–water partition coefficient (Wildman–Crippen LogP) is 4.02. The van der Waals surface area contributed by atoms with E-state index in [1.807, 2.05) is 12.1 Å². The summed E-state index contributed by atoms with van der Waals surface area (Å²) >= 11 is 5.90. The molecule has 0 fully saturated rings. The number of benzene rings is 1. The van der Waals surface area contributed by atoms with Crippen molar-refractivity contribution in [3.63, 3.8) is 0 Å². The van der Waals surface area contributed by atoms with Crippen LogP contribution in [0.2, 0.25) is 5.15 Å². The second kappa shape index (κ2) is 7.09. The van der Waals surface area contributed by atoms with Gasteiger partial charge in [0.25, 0.3) is 5.91 Å². The maximum Gasteiger partial charge on any atom is 0.258 e. The first kappa shape index (κ1) is 15.3. The fourth-order valence-electron chi connectivity index (χ4n) is 1.68. The van der Waals surface area contributed by atoms with E-state index in [1.54, 1.807) is 30.5 Å². The Labute approximate surface area is 129 Å². The molecule has 21 heavy (non-hydrogen) atoms. The molecule has 1 aromatic carbocycles. The zero-order chi connectivity index (χ0) is 15.2. The molecular weight excluding hydrogens is 288 g/mol. The van der Waals surface area contributed by atoms with Gasteiger partial charge in [-0.3, -0.25) is 4.79 Å². The van der Waals surface area contributed by atoms with Gasteiger partial charge in [0.05, 0.1) is 12.2 Å². The predicted molar refractivity (Wildman–Crippen MR) is 84.0 cm³/mol. The van der Waals surface area contributed by atoms with Gasteiger partial charge < -0.3 is 10.1 Å². The second-order valence-electron chi connectivity index (χ2n) is 5.03. The molecule has 0 atom stereocenters. The van der Waals surface area contributed by atoms with Gasteiger partial charge in [0.15, 0.2) is 0 Å². The molecule has 1 amide bonds. The number of nitrogens with one attached hydrogen (secondary N) is 1. The topological polar surface area (TPSA) is 51.2 Å². The van der Waals surface area contributed by atoms with Crippen molar-refractivity contribution in [1.29, 1.82) is 0 Å². The van der Waals surface area contributed by atoms with E-state index in [-0.39, 0.29) is 11.1 Å². The van der Waals surface area contributed by atoms with Crippen LogP contribution in [0.4, 0.5) is 5.69 Å². The first-order chi connectivity index (χ1) is 10.1. The molecule has 5 heteroatoms. The normalized spacial score (nSPS) is 10.5. The van der Waals surface area contributed by atoms with E-state index in [1.165, 1.54) is 0 Å². The lowest BCUT2D eigenvalue weighted by Crippen LogP contribution is -2.13. The lowest BCUT2D eigenvalue weighted by molar-refractivity contribution is 0.102. The van der Waals surface area contributed by atoms with Crippen LogP contribution in [0.25, 0.3) is 0 Å². The molecule has 0 radical (unpaired) electrons. The van der Waals surface area contributed by atoms with Crippen molar-refractivity contribution in [3.05, 3.63) is 53.3 Å². The van der Waals surface area contributed by atoms with E-state index in [0.29, 0.717) is 23.8 Å². The van der Waals surface area contributed by atoms with Crippen molar-refractivity contribution in [2.24, 2.45) is 5.92 Å². The molecule has 1 heterocycles. The Hall–Kier alpha value is -2.07. The molecule has 0 saturated heterocycles. The Kier molecular flexibility index (Phi) is 5.17. The summed E-state index contributed by atoms with van der Waals surface area (Å²) in [5.41, 5.74) is 0.994. The molecular formula is C16H17ClN2O2. The molecule has 1 N–H and O–H groups in total. The smallest absolute Gasteiger partial charge is 0.258 e. The van der Waals surface area contributed by atoms with E-state index in [2.05, 4.69) is 24.1 Å². The van der Waals surface area contributed by atoms with Crippen LogP contribution in [0.5, 0.6) is 5.75 Å². The van der Waals surface area contributed by atoms with Crippen LogP contribution in [0, 0.1) is 5.92 Å². The van der Waals surface area contributed by atoms with Gasteiger partial charge in [-0.05, 0) is 30.2 Å². The number of halogens is 1. The maximum atomic E-state index is 12.1. The van der Waals surface area contributed by atoms with Gasteiger partial charge in [-0.15, -0.1) is 0 Å². The molecule has 0 unspecified atom stereocenters. The Balaban J connectivity index is 2.07. The minimum absolute atomic E-state index is 0.183. The quantitative estimate of drug-likeness (QED) is 0.849. The van der Waals surface area contributed by atoms with E-state index in [0.717, 1.165) is 5.75 Å². The van der Waals surface area contributed by atoms with Gasteiger partial charge in [0, 0.05) is 18.0 Å². The average molecular weight is 305 g/mol. The standard InChI is InChI=1S/C16H17ClN2O2/c1-11(2)10-21-13-6-3-5-12(9-13)19-16(20)14-7-4-8-18-15(14)17/h3-9,11H,10H2,1-2H3,(H,19,20). The summed E-state index contributed by atoms with van der Waals surface area (Å²) in [4.78, 5) is 16.0. The summed E-state index contributed by atoms with van der Waals surface area (Å²) in [5, 5.41) is 2.97. The van der Waals surface area contributed by atoms with E-state index in [4.69, 9.17) is 16.3 Å². The lowest BCUT2D eigenvalue weighted by Gasteiger charge is -2.11. The first-order valence-corrected chi connectivity index (χ1v) is 7.09. The second-order valence-corrected chi connectivity index (χ2v) is 5.39. The lowest BCUT2D eigenvalue weighted by atomic mass is 10.2. The first-order valence-electron chi connectivity index (χ1n) is 6.71. The highest BCUT2D eigenvalue weighted by molar-refractivity contribution is 6.33. The molecule has 2 rings (SSSR count). The summed E-state index contributed by atoms with van der Waals surface area (Å²) < 4.78 is 5.63. The summed E-state index contributed by atoms with van der Waals surface area (Å²) in [6, 6.07) is 10.6. The van der Waals surface area contributed by atoms with Gasteiger partial charge in [0.2, 0.25) is 0 Å². The number of hydrogen-bond donors (Lipinski definition) is 1. The number of aromatic nitrogens is 1. The third-order valence-electron chi connectivity index (χ3n) is 2.68.